The van der Waals surface area contributed by atoms with Gasteiger partial charge >= 0.3 is 0 Å². The van der Waals surface area contributed by atoms with E-state index in [0.717, 1.165) is 12.8 Å². The molecule has 0 aliphatic carbocycles. The van der Waals surface area contributed by atoms with Crippen molar-refractivity contribution in [1.82, 2.24) is 20.2 Å². The highest BCUT2D eigenvalue weighted by molar-refractivity contribution is 4.83. The first-order chi connectivity index (χ1) is 7.67. The fourth-order valence-electron chi connectivity index (χ4n) is 1.89. The van der Waals surface area contributed by atoms with Crippen molar-refractivity contribution in [3.05, 3.63) is 5.82 Å². The zero-order valence-corrected chi connectivity index (χ0v) is 10.4. The summed E-state index contributed by atoms with van der Waals surface area (Å²) in [6.07, 6.45) is 4.59. The Morgan fingerprint density at radius 1 is 1.38 bits per heavy atom. The Morgan fingerprint density at radius 2 is 2.12 bits per heavy atom. The van der Waals surface area contributed by atoms with Gasteiger partial charge in [0.1, 0.15) is 0 Å². The zero-order valence-electron chi connectivity index (χ0n) is 10.4. The van der Waals surface area contributed by atoms with Crippen molar-refractivity contribution >= 4 is 0 Å². The fourth-order valence-corrected chi connectivity index (χ4v) is 1.89. The van der Waals surface area contributed by atoms with Crippen molar-refractivity contribution in [2.24, 2.45) is 13.0 Å². The Bertz CT molecular complexity index is 300. The maximum absolute atomic E-state index is 10.1. The highest BCUT2D eigenvalue weighted by atomic mass is 16.3. The average molecular weight is 226 g/mol. The van der Waals surface area contributed by atoms with Crippen molar-refractivity contribution < 1.29 is 5.11 Å². The highest BCUT2D eigenvalue weighted by Gasteiger charge is 2.19. The van der Waals surface area contributed by atoms with Crippen LogP contribution < -0.4 is 0 Å². The van der Waals surface area contributed by atoms with Crippen LogP contribution in [0.3, 0.4) is 0 Å². The molecular formula is C11H22N4O. The molecule has 0 saturated carbocycles. The van der Waals surface area contributed by atoms with Crippen LogP contribution in [0.2, 0.25) is 0 Å². The van der Waals surface area contributed by atoms with E-state index in [0.29, 0.717) is 18.2 Å². The molecule has 0 radical (unpaired) electrons. The van der Waals surface area contributed by atoms with Crippen molar-refractivity contribution in [2.45, 2.75) is 52.1 Å². The summed E-state index contributed by atoms with van der Waals surface area (Å²) in [6, 6.07) is 0. The van der Waals surface area contributed by atoms with Gasteiger partial charge in [0.25, 0.3) is 0 Å². The number of aryl methyl sites for hydroxylation is 1. The fraction of sp³-hybridized carbons (Fsp3) is 0.909. The monoisotopic (exact) mass is 226 g/mol. The van der Waals surface area contributed by atoms with Gasteiger partial charge in [-0.25, -0.2) is 0 Å². The van der Waals surface area contributed by atoms with Gasteiger partial charge in [-0.2, -0.15) is 4.80 Å². The second-order valence-electron chi connectivity index (χ2n) is 4.28. The molecule has 2 atom stereocenters. The summed E-state index contributed by atoms with van der Waals surface area (Å²) in [6.45, 7) is 4.29. The Kier molecular flexibility index (Phi) is 5.38. The predicted octanol–water partition coefficient (Wildman–Crippen LogP) is 1.33. The summed E-state index contributed by atoms with van der Waals surface area (Å²) in [7, 11) is 1.73. The number of aromatic nitrogens is 4. The third-order valence-electron chi connectivity index (χ3n) is 2.94. The van der Waals surface area contributed by atoms with E-state index < -0.39 is 0 Å². The summed E-state index contributed by atoms with van der Waals surface area (Å²) < 4.78 is 0. The minimum Gasteiger partial charge on any atom is -0.392 e. The first kappa shape index (κ1) is 13.1. The largest absolute Gasteiger partial charge is 0.392 e. The van der Waals surface area contributed by atoms with Gasteiger partial charge in [-0.05, 0) is 17.6 Å². The van der Waals surface area contributed by atoms with E-state index >= 15 is 0 Å². The Labute approximate surface area is 96.9 Å². The van der Waals surface area contributed by atoms with Gasteiger partial charge < -0.3 is 5.11 Å². The van der Waals surface area contributed by atoms with Crippen LogP contribution in [0.4, 0.5) is 0 Å². The molecule has 0 amide bonds. The molecule has 0 saturated heterocycles. The number of hydrogen-bond donors (Lipinski definition) is 1. The molecule has 16 heavy (non-hydrogen) atoms. The molecule has 5 heteroatoms. The van der Waals surface area contributed by atoms with E-state index in [4.69, 9.17) is 0 Å². The van der Waals surface area contributed by atoms with Gasteiger partial charge in [0.2, 0.25) is 0 Å². The summed E-state index contributed by atoms with van der Waals surface area (Å²) >= 11 is 0. The maximum atomic E-state index is 10.1. The third-order valence-corrected chi connectivity index (χ3v) is 2.94. The van der Waals surface area contributed by atoms with Gasteiger partial charge in [0.15, 0.2) is 5.82 Å². The normalized spacial score (nSPS) is 15.0. The van der Waals surface area contributed by atoms with Crippen LogP contribution in [-0.2, 0) is 13.5 Å². The molecule has 92 valence electrons. The minimum atomic E-state index is -0.347. The van der Waals surface area contributed by atoms with Crippen molar-refractivity contribution in [3.8, 4) is 0 Å². The molecule has 0 fully saturated rings. The molecule has 5 nitrogen and oxygen atoms in total. The smallest absolute Gasteiger partial charge is 0.177 e. The van der Waals surface area contributed by atoms with E-state index in [2.05, 4.69) is 29.3 Å². The second-order valence-corrected chi connectivity index (χ2v) is 4.28. The molecule has 1 aromatic heterocycles. The lowest BCUT2D eigenvalue weighted by atomic mass is 9.91. The molecule has 0 aliphatic heterocycles. The van der Waals surface area contributed by atoms with Crippen molar-refractivity contribution in [1.29, 1.82) is 0 Å². The van der Waals surface area contributed by atoms with Crippen LogP contribution >= 0.6 is 0 Å². The molecule has 2 unspecified atom stereocenters. The molecule has 1 heterocycles. The molecule has 0 aliphatic rings. The van der Waals surface area contributed by atoms with E-state index in [9.17, 15) is 5.11 Å². The van der Waals surface area contributed by atoms with Crippen LogP contribution in [0.15, 0.2) is 0 Å². The quantitative estimate of drug-likeness (QED) is 0.762. The lowest BCUT2D eigenvalue weighted by Crippen LogP contribution is -2.23. The highest BCUT2D eigenvalue weighted by Crippen LogP contribution is 2.18. The first-order valence-corrected chi connectivity index (χ1v) is 6.08. The van der Waals surface area contributed by atoms with Gasteiger partial charge in [0, 0.05) is 6.42 Å². The van der Waals surface area contributed by atoms with Gasteiger partial charge in [-0.15, -0.1) is 10.2 Å². The lowest BCUT2D eigenvalue weighted by molar-refractivity contribution is 0.0967. The molecule has 1 N–H and O–H groups in total. The van der Waals surface area contributed by atoms with Crippen molar-refractivity contribution in [2.75, 3.05) is 0 Å². The van der Waals surface area contributed by atoms with Gasteiger partial charge in [-0.1, -0.05) is 33.1 Å². The average Bonchev–Trinajstić information content (AvgIpc) is 2.65. The molecule has 0 spiro atoms. The summed E-state index contributed by atoms with van der Waals surface area (Å²) in [5, 5.41) is 21.8. The zero-order chi connectivity index (χ0) is 12.0. The molecule has 1 rings (SSSR count). The third kappa shape index (κ3) is 3.89. The molecule has 0 bridgehead atoms. The van der Waals surface area contributed by atoms with Crippen LogP contribution in [0, 0.1) is 5.92 Å². The van der Waals surface area contributed by atoms with E-state index in [-0.39, 0.29) is 6.10 Å². The number of tetrazole rings is 1. The number of rotatable bonds is 7. The Morgan fingerprint density at radius 3 is 2.62 bits per heavy atom. The lowest BCUT2D eigenvalue weighted by Gasteiger charge is -2.19. The van der Waals surface area contributed by atoms with Crippen molar-refractivity contribution in [3.63, 3.8) is 0 Å². The van der Waals surface area contributed by atoms with E-state index in [1.807, 2.05) is 0 Å². The molecular weight excluding hydrogens is 204 g/mol. The van der Waals surface area contributed by atoms with E-state index in [1.54, 1.807) is 7.05 Å². The van der Waals surface area contributed by atoms with Gasteiger partial charge in [-0.3, -0.25) is 0 Å². The summed E-state index contributed by atoms with van der Waals surface area (Å²) in [4.78, 5) is 1.43. The predicted molar refractivity (Wildman–Crippen MR) is 61.8 cm³/mol. The SMILES string of the molecule is CCCCC(CC)C(O)Cc1nnn(C)n1. The number of unbranched alkanes of at least 4 members (excludes halogenated alkanes) is 1. The number of aliphatic hydroxyl groups is 1. The van der Waals surface area contributed by atoms with Crippen LogP contribution in [0.5, 0.6) is 0 Å². The number of nitrogens with zero attached hydrogens (tertiary/aromatic N) is 4. The Hall–Kier alpha value is -0.970. The van der Waals surface area contributed by atoms with Crippen LogP contribution in [0.25, 0.3) is 0 Å². The van der Waals surface area contributed by atoms with E-state index in [1.165, 1.54) is 17.6 Å². The van der Waals surface area contributed by atoms with Crippen LogP contribution in [-0.4, -0.2) is 31.4 Å². The molecule has 1 aromatic rings. The Balaban J connectivity index is 2.45. The number of hydrogen-bond acceptors (Lipinski definition) is 4. The summed E-state index contributed by atoms with van der Waals surface area (Å²) in [5.41, 5.74) is 0. The topological polar surface area (TPSA) is 63.8 Å². The summed E-state index contributed by atoms with van der Waals surface area (Å²) in [5.74, 6) is 0.980. The number of aliphatic hydroxyl groups excluding tert-OH is 1. The van der Waals surface area contributed by atoms with Crippen LogP contribution in [0.1, 0.15) is 45.4 Å². The second kappa shape index (κ2) is 6.58. The standard InChI is InChI=1S/C11H22N4O/c1-4-6-7-9(5-2)10(16)8-11-12-14-15(3)13-11/h9-10,16H,4-8H2,1-3H3. The maximum Gasteiger partial charge on any atom is 0.177 e. The molecule has 0 aromatic carbocycles. The van der Waals surface area contributed by atoms with Gasteiger partial charge in [0.05, 0.1) is 13.2 Å². The first-order valence-electron chi connectivity index (χ1n) is 6.08. The minimum absolute atomic E-state index is 0.347.